The third-order valence-electron chi connectivity index (χ3n) is 3.75. The monoisotopic (exact) mass is 367 g/mol. The average molecular weight is 367 g/mol. The van der Waals surface area contributed by atoms with Crippen molar-refractivity contribution in [2.75, 3.05) is 10.6 Å². The molecule has 0 radical (unpaired) electrons. The molecule has 0 spiro atoms. The molecular formula is C20H15F2N3O2. The Bertz CT molecular complexity index is 987. The summed E-state index contributed by atoms with van der Waals surface area (Å²) in [5, 5.41) is 5.55. The molecule has 0 saturated carbocycles. The second-order valence-corrected chi connectivity index (χ2v) is 5.77. The smallest absolute Gasteiger partial charge is 0.274 e. The largest absolute Gasteiger partial charge is 0.354 e. The number of rotatable bonds is 5. The van der Waals surface area contributed by atoms with Crippen molar-refractivity contribution in [2.24, 2.45) is 0 Å². The van der Waals surface area contributed by atoms with Crippen LogP contribution in [0.4, 0.5) is 25.8 Å². The number of hydrogen-bond acceptors (Lipinski definition) is 4. The summed E-state index contributed by atoms with van der Waals surface area (Å²) in [6.07, 6.45) is 1.47. The zero-order valence-corrected chi connectivity index (χ0v) is 14.3. The van der Waals surface area contributed by atoms with Crippen LogP contribution in [0.5, 0.6) is 0 Å². The lowest BCUT2D eigenvalue weighted by molar-refractivity contribution is 0.101. The molecule has 0 bridgehead atoms. The van der Waals surface area contributed by atoms with E-state index in [9.17, 15) is 18.4 Å². The van der Waals surface area contributed by atoms with Gasteiger partial charge in [0, 0.05) is 23.0 Å². The fourth-order valence-electron chi connectivity index (χ4n) is 2.33. The topological polar surface area (TPSA) is 71.1 Å². The number of nitrogens with zero attached hydrogens (tertiary/aromatic N) is 1. The molecule has 3 rings (SSSR count). The molecule has 7 heteroatoms. The Morgan fingerprint density at radius 3 is 2.11 bits per heavy atom. The van der Waals surface area contributed by atoms with Crippen LogP contribution in [0.1, 0.15) is 27.8 Å². The zero-order valence-electron chi connectivity index (χ0n) is 14.3. The lowest BCUT2D eigenvalue weighted by Gasteiger charge is -2.08. The van der Waals surface area contributed by atoms with Gasteiger partial charge in [0.25, 0.3) is 5.91 Å². The number of Topliss-reactive ketones (excluding diaryl/α,β-unsaturated/α-hetero) is 1. The lowest BCUT2D eigenvalue weighted by atomic mass is 10.1. The molecular weight excluding hydrogens is 352 g/mol. The SMILES string of the molecule is CC(=O)c1ccc(Nc2ccc(C(=O)Nc3ccc(F)c(F)c3)nc2)cc1. The summed E-state index contributed by atoms with van der Waals surface area (Å²) in [5.74, 6) is -2.59. The van der Waals surface area contributed by atoms with E-state index in [0.29, 0.717) is 11.3 Å². The molecule has 0 aliphatic carbocycles. The minimum absolute atomic E-state index is 0.0142. The Labute approximate surface area is 154 Å². The van der Waals surface area contributed by atoms with Gasteiger partial charge in [-0.1, -0.05) is 0 Å². The van der Waals surface area contributed by atoms with Crippen molar-refractivity contribution in [3.05, 3.63) is 83.7 Å². The van der Waals surface area contributed by atoms with E-state index >= 15 is 0 Å². The number of carbonyl (C=O) groups is 2. The van der Waals surface area contributed by atoms with Crippen LogP contribution in [-0.4, -0.2) is 16.7 Å². The average Bonchev–Trinajstić information content (AvgIpc) is 2.66. The first-order chi connectivity index (χ1) is 12.9. The third-order valence-corrected chi connectivity index (χ3v) is 3.75. The maximum atomic E-state index is 13.2. The highest BCUT2D eigenvalue weighted by Crippen LogP contribution is 2.18. The van der Waals surface area contributed by atoms with Gasteiger partial charge in [-0.25, -0.2) is 13.8 Å². The summed E-state index contributed by atoms with van der Waals surface area (Å²) in [6, 6.07) is 13.2. The molecule has 1 amide bonds. The van der Waals surface area contributed by atoms with E-state index in [2.05, 4.69) is 15.6 Å². The van der Waals surface area contributed by atoms with Gasteiger partial charge in [0.15, 0.2) is 17.4 Å². The van der Waals surface area contributed by atoms with Gasteiger partial charge in [-0.05, 0) is 55.5 Å². The van der Waals surface area contributed by atoms with Crippen molar-refractivity contribution < 1.29 is 18.4 Å². The van der Waals surface area contributed by atoms with E-state index in [4.69, 9.17) is 0 Å². The summed E-state index contributed by atoms with van der Waals surface area (Å²) in [5.41, 5.74) is 2.28. The summed E-state index contributed by atoms with van der Waals surface area (Å²) in [7, 11) is 0. The fourth-order valence-corrected chi connectivity index (χ4v) is 2.33. The highest BCUT2D eigenvalue weighted by molar-refractivity contribution is 6.03. The van der Waals surface area contributed by atoms with E-state index in [-0.39, 0.29) is 17.2 Å². The van der Waals surface area contributed by atoms with E-state index < -0.39 is 17.5 Å². The Hall–Kier alpha value is -3.61. The summed E-state index contributed by atoms with van der Waals surface area (Å²) in [6.45, 7) is 1.50. The number of pyridine rings is 1. The maximum Gasteiger partial charge on any atom is 0.274 e. The van der Waals surface area contributed by atoms with Crippen LogP contribution < -0.4 is 10.6 Å². The Kier molecular flexibility index (Phi) is 5.21. The quantitative estimate of drug-likeness (QED) is 0.649. The van der Waals surface area contributed by atoms with Crippen molar-refractivity contribution >= 4 is 28.8 Å². The van der Waals surface area contributed by atoms with Gasteiger partial charge >= 0.3 is 0 Å². The molecule has 136 valence electrons. The molecule has 0 unspecified atom stereocenters. The minimum atomic E-state index is -1.05. The first-order valence-electron chi connectivity index (χ1n) is 8.03. The van der Waals surface area contributed by atoms with E-state index in [1.165, 1.54) is 25.3 Å². The highest BCUT2D eigenvalue weighted by atomic mass is 19.2. The first-order valence-corrected chi connectivity index (χ1v) is 8.03. The summed E-state index contributed by atoms with van der Waals surface area (Å²) >= 11 is 0. The normalized spacial score (nSPS) is 10.3. The van der Waals surface area contributed by atoms with Crippen molar-refractivity contribution in [2.45, 2.75) is 6.92 Å². The molecule has 0 atom stereocenters. The van der Waals surface area contributed by atoms with Crippen LogP contribution in [0.15, 0.2) is 60.8 Å². The van der Waals surface area contributed by atoms with Crippen LogP contribution in [0.2, 0.25) is 0 Å². The van der Waals surface area contributed by atoms with E-state index in [1.807, 2.05) is 0 Å². The number of hydrogen-bond donors (Lipinski definition) is 2. The number of aromatic nitrogens is 1. The van der Waals surface area contributed by atoms with Crippen molar-refractivity contribution in [3.63, 3.8) is 0 Å². The Morgan fingerprint density at radius 2 is 1.52 bits per heavy atom. The molecule has 0 saturated heterocycles. The highest BCUT2D eigenvalue weighted by Gasteiger charge is 2.10. The molecule has 0 fully saturated rings. The number of nitrogens with one attached hydrogen (secondary N) is 2. The number of amides is 1. The number of carbonyl (C=O) groups excluding carboxylic acids is 2. The van der Waals surface area contributed by atoms with Gasteiger partial charge in [-0.3, -0.25) is 9.59 Å². The zero-order chi connectivity index (χ0) is 19.4. The summed E-state index contributed by atoms with van der Waals surface area (Å²) < 4.78 is 26.1. The molecule has 5 nitrogen and oxygen atoms in total. The molecule has 27 heavy (non-hydrogen) atoms. The third kappa shape index (κ3) is 4.52. The molecule has 1 aromatic heterocycles. The fraction of sp³-hybridized carbons (Fsp3) is 0.0500. The Balaban J connectivity index is 1.66. The standard InChI is InChI=1S/C20H15F2N3O2/c1-12(26)13-2-4-14(5-3-13)24-16-7-9-19(23-11-16)20(27)25-15-6-8-17(21)18(22)10-15/h2-11,24H,1H3,(H,25,27). The van der Waals surface area contributed by atoms with Crippen LogP contribution in [0.3, 0.4) is 0 Å². The van der Waals surface area contributed by atoms with Crippen molar-refractivity contribution in [1.82, 2.24) is 4.98 Å². The molecule has 0 aliphatic heterocycles. The summed E-state index contributed by atoms with van der Waals surface area (Å²) in [4.78, 5) is 27.5. The number of halogens is 2. The number of anilines is 3. The van der Waals surface area contributed by atoms with Gasteiger partial charge < -0.3 is 10.6 Å². The van der Waals surface area contributed by atoms with Crippen molar-refractivity contribution in [1.29, 1.82) is 0 Å². The lowest BCUT2D eigenvalue weighted by Crippen LogP contribution is -2.13. The molecule has 0 aliphatic rings. The minimum Gasteiger partial charge on any atom is -0.354 e. The number of benzene rings is 2. The van der Waals surface area contributed by atoms with Gasteiger partial charge in [-0.2, -0.15) is 0 Å². The molecule has 3 aromatic rings. The number of ketones is 1. The second-order valence-electron chi connectivity index (χ2n) is 5.77. The van der Waals surface area contributed by atoms with Crippen LogP contribution in [-0.2, 0) is 0 Å². The van der Waals surface area contributed by atoms with Gasteiger partial charge in [-0.15, -0.1) is 0 Å². The van der Waals surface area contributed by atoms with Gasteiger partial charge in [0.2, 0.25) is 0 Å². The Morgan fingerprint density at radius 1 is 0.852 bits per heavy atom. The van der Waals surface area contributed by atoms with Crippen LogP contribution in [0, 0.1) is 11.6 Å². The van der Waals surface area contributed by atoms with Crippen LogP contribution >= 0.6 is 0 Å². The van der Waals surface area contributed by atoms with E-state index in [0.717, 1.165) is 17.8 Å². The van der Waals surface area contributed by atoms with Crippen molar-refractivity contribution in [3.8, 4) is 0 Å². The van der Waals surface area contributed by atoms with Crippen LogP contribution in [0.25, 0.3) is 0 Å². The molecule has 1 heterocycles. The van der Waals surface area contributed by atoms with Gasteiger partial charge in [0.1, 0.15) is 5.69 Å². The predicted molar refractivity (Wildman–Crippen MR) is 98.3 cm³/mol. The predicted octanol–water partition coefficient (Wildman–Crippen LogP) is 4.56. The first kappa shape index (κ1) is 18.2. The van der Waals surface area contributed by atoms with Gasteiger partial charge in [0.05, 0.1) is 11.9 Å². The molecule has 2 N–H and O–H groups in total. The van der Waals surface area contributed by atoms with E-state index in [1.54, 1.807) is 30.3 Å². The second kappa shape index (κ2) is 7.74. The molecule has 2 aromatic carbocycles. The maximum absolute atomic E-state index is 13.2.